The number of hydrogen-bond acceptors (Lipinski definition) is 4. The lowest BCUT2D eigenvalue weighted by atomic mass is 10.0. The van der Waals surface area contributed by atoms with E-state index in [2.05, 4.69) is 10.1 Å². The number of aliphatic hydroxyl groups excluding tert-OH is 2. The maximum Gasteiger partial charge on any atom is 0.573 e. The zero-order chi connectivity index (χ0) is 14.5. The van der Waals surface area contributed by atoms with Crippen molar-refractivity contribution in [2.75, 3.05) is 13.6 Å². The van der Waals surface area contributed by atoms with Crippen molar-refractivity contribution < 1.29 is 28.1 Å². The van der Waals surface area contributed by atoms with Crippen molar-refractivity contribution in [3.05, 3.63) is 29.8 Å². The van der Waals surface area contributed by atoms with E-state index < -0.39 is 24.3 Å². The Hall–Kier alpha value is -1.31. The van der Waals surface area contributed by atoms with Gasteiger partial charge in [0.2, 0.25) is 0 Å². The Bertz CT molecular complexity index is 398. The molecular formula is C12H16F3NO3. The molecule has 3 N–H and O–H groups in total. The fraction of sp³-hybridized carbons (Fsp3) is 0.500. The van der Waals surface area contributed by atoms with Crippen LogP contribution in [0.3, 0.4) is 0 Å². The monoisotopic (exact) mass is 279 g/mol. The normalized spacial score (nSPS) is 15.1. The molecule has 1 aromatic carbocycles. The molecule has 0 amide bonds. The summed E-state index contributed by atoms with van der Waals surface area (Å²) < 4.78 is 39.9. The highest BCUT2D eigenvalue weighted by Crippen LogP contribution is 2.27. The molecule has 19 heavy (non-hydrogen) atoms. The van der Waals surface area contributed by atoms with Crippen LogP contribution >= 0.6 is 0 Å². The number of nitrogens with one attached hydrogen (secondary N) is 1. The number of alkyl halides is 3. The third-order valence-corrected chi connectivity index (χ3v) is 2.49. The lowest BCUT2D eigenvalue weighted by Crippen LogP contribution is -2.23. The first-order valence-electron chi connectivity index (χ1n) is 5.70. The second-order valence-electron chi connectivity index (χ2n) is 4.02. The zero-order valence-electron chi connectivity index (χ0n) is 10.3. The number of halogens is 3. The van der Waals surface area contributed by atoms with Crippen molar-refractivity contribution in [1.82, 2.24) is 5.32 Å². The molecule has 0 aliphatic heterocycles. The van der Waals surface area contributed by atoms with E-state index in [1.165, 1.54) is 12.1 Å². The largest absolute Gasteiger partial charge is 0.573 e. The van der Waals surface area contributed by atoms with E-state index in [4.69, 9.17) is 0 Å². The van der Waals surface area contributed by atoms with Crippen LogP contribution in [0.25, 0.3) is 0 Å². The second-order valence-corrected chi connectivity index (χ2v) is 4.02. The van der Waals surface area contributed by atoms with Crippen molar-refractivity contribution in [2.24, 2.45) is 0 Å². The number of ether oxygens (including phenoxy) is 1. The van der Waals surface area contributed by atoms with Crippen LogP contribution in [0.2, 0.25) is 0 Å². The molecule has 0 heterocycles. The second kappa shape index (κ2) is 6.74. The first kappa shape index (κ1) is 15.7. The average molecular weight is 279 g/mol. The standard InChI is InChI=1S/C12H16F3NO3/c1-16-6-5-10(17)11(18)8-3-2-4-9(7-8)19-12(13,14)15/h2-4,7,10-11,16-18H,5-6H2,1H3. The lowest BCUT2D eigenvalue weighted by Gasteiger charge is -2.19. The molecule has 0 spiro atoms. The van der Waals surface area contributed by atoms with Gasteiger partial charge in [-0.05, 0) is 37.7 Å². The molecule has 1 rings (SSSR count). The first-order chi connectivity index (χ1) is 8.83. The number of rotatable bonds is 6. The number of aliphatic hydroxyl groups is 2. The maximum absolute atomic E-state index is 12.1. The van der Waals surface area contributed by atoms with Gasteiger partial charge in [0.05, 0.1) is 6.10 Å². The maximum atomic E-state index is 12.1. The summed E-state index contributed by atoms with van der Waals surface area (Å²) in [5, 5.41) is 22.3. The Morgan fingerprint density at radius 2 is 2.00 bits per heavy atom. The summed E-state index contributed by atoms with van der Waals surface area (Å²) in [5.74, 6) is -0.426. The van der Waals surface area contributed by atoms with Gasteiger partial charge in [-0.3, -0.25) is 0 Å². The van der Waals surface area contributed by atoms with Gasteiger partial charge < -0.3 is 20.3 Å². The van der Waals surface area contributed by atoms with Gasteiger partial charge in [-0.2, -0.15) is 0 Å². The summed E-state index contributed by atoms with van der Waals surface area (Å²) in [7, 11) is 1.69. The van der Waals surface area contributed by atoms with Gasteiger partial charge in [0.15, 0.2) is 0 Å². The Labute approximate surface area is 108 Å². The van der Waals surface area contributed by atoms with Crippen molar-refractivity contribution >= 4 is 0 Å². The SMILES string of the molecule is CNCCC(O)C(O)c1cccc(OC(F)(F)F)c1. The fourth-order valence-corrected chi connectivity index (χ4v) is 1.57. The molecule has 4 nitrogen and oxygen atoms in total. The van der Waals surface area contributed by atoms with Gasteiger partial charge in [0, 0.05) is 0 Å². The molecule has 0 radical (unpaired) electrons. The van der Waals surface area contributed by atoms with Crippen LogP contribution in [0.15, 0.2) is 24.3 Å². The van der Waals surface area contributed by atoms with E-state index in [0.717, 1.165) is 12.1 Å². The summed E-state index contributed by atoms with van der Waals surface area (Å²) in [6.45, 7) is 0.483. The summed E-state index contributed by atoms with van der Waals surface area (Å²) in [4.78, 5) is 0. The van der Waals surface area contributed by atoms with Gasteiger partial charge in [-0.25, -0.2) is 0 Å². The van der Waals surface area contributed by atoms with E-state index in [1.807, 2.05) is 0 Å². The van der Waals surface area contributed by atoms with E-state index in [1.54, 1.807) is 7.05 Å². The van der Waals surface area contributed by atoms with Crippen LogP contribution in [-0.4, -0.2) is 36.3 Å². The van der Waals surface area contributed by atoms with E-state index in [9.17, 15) is 23.4 Å². The average Bonchev–Trinajstić information content (AvgIpc) is 2.33. The quantitative estimate of drug-likeness (QED) is 0.740. The summed E-state index contributed by atoms with van der Waals surface area (Å²) in [5.41, 5.74) is 0.172. The summed E-state index contributed by atoms with van der Waals surface area (Å²) in [6, 6.07) is 4.94. The molecule has 0 fully saturated rings. The van der Waals surface area contributed by atoms with Crippen molar-refractivity contribution in [3.8, 4) is 5.75 Å². The first-order valence-corrected chi connectivity index (χ1v) is 5.70. The third kappa shape index (κ3) is 5.46. The predicted octanol–water partition coefficient (Wildman–Crippen LogP) is 1.59. The molecule has 1 aromatic rings. The summed E-state index contributed by atoms with van der Waals surface area (Å²) in [6.07, 6.45) is -6.82. The van der Waals surface area contributed by atoms with Gasteiger partial charge >= 0.3 is 6.36 Å². The van der Waals surface area contributed by atoms with Crippen LogP contribution in [0.1, 0.15) is 18.1 Å². The topological polar surface area (TPSA) is 61.7 Å². The minimum absolute atomic E-state index is 0.172. The Kier molecular flexibility index (Phi) is 5.59. The summed E-state index contributed by atoms with van der Waals surface area (Å²) >= 11 is 0. The molecule has 0 aliphatic rings. The van der Waals surface area contributed by atoms with Gasteiger partial charge in [0.25, 0.3) is 0 Å². The molecule has 7 heteroatoms. The highest BCUT2D eigenvalue weighted by Gasteiger charge is 2.31. The van der Waals surface area contributed by atoms with Crippen molar-refractivity contribution in [1.29, 1.82) is 0 Å². The minimum atomic E-state index is -4.78. The van der Waals surface area contributed by atoms with Crippen LogP contribution < -0.4 is 10.1 Å². The number of hydrogen-bond donors (Lipinski definition) is 3. The van der Waals surface area contributed by atoms with Crippen molar-refractivity contribution in [3.63, 3.8) is 0 Å². The minimum Gasteiger partial charge on any atom is -0.406 e. The van der Waals surface area contributed by atoms with Crippen LogP contribution in [0, 0.1) is 0 Å². The van der Waals surface area contributed by atoms with Crippen LogP contribution in [0.4, 0.5) is 13.2 Å². The van der Waals surface area contributed by atoms with E-state index in [0.29, 0.717) is 6.54 Å². The van der Waals surface area contributed by atoms with Gasteiger partial charge in [-0.15, -0.1) is 13.2 Å². The third-order valence-electron chi connectivity index (χ3n) is 2.49. The number of benzene rings is 1. The smallest absolute Gasteiger partial charge is 0.406 e. The highest BCUT2D eigenvalue weighted by molar-refractivity contribution is 5.30. The molecule has 2 unspecified atom stereocenters. The molecule has 108 valence electrons. The van der Waals surface area contributed by atoms with Gasteiger partial charge in [0.1, 0.15) is 11.9 Å². The Balaban J connectivity index is 2.75. The molecule has 0 saturated heterocycles. The van der Waals surface area contributed by atoms with Crippen molar-refractivity contribution in [2.45, 2.75) is 25.0 Å². The van der Waals surface area contributed by atoms with E-state index >= 15 is 0 Å². The molecule has 0 saturated carbocycles. The lowest BCUT2D eigenvalue weighted by molar-refractivity contribution is -0.274. The van der Waals surface area contributed by atoms with Crippen LogP contribution in [-0.2, 0) is 0 Å². The molecule has 0 aliphatic carbocycles. The highest BCUT2D eigenvalue weighted by atomic mass is 19.4. The Morgan fingerprint density at radius 3 is 2.58 bits per heavy atom. The molecule has 2 atom stereocenters. The van der Waals surface area contributed by atoms with Crippen LogP contribution in [0.5, 0.6) is 5.75 Å². The molecule has 0 aromatic heterocycles. The molecule has 0 bridgehead atoms. The predicted molar refractivity (Wildman–Crippen MR) is 62.6 cm³/mol. The molecular weight excluding hydrogens is 263 g/mol. The fourth-order valence-electron chi connectivity index (χ4n) is 1.57. The van der Waals surface area contributed by atoms with Gasteiger partial charge in [-0.1, -0.05) is 12.1 Å². The zero-order valence-corrected chi connectivity index (χ0v) is 10.3. The van der Waals surface area contributed by atoms with E-state index in [-0.39, 0.29) is 12.0 Å². The Morgan fingerprint density at radius 1 is 1.32 bits per heavy atom.